The first-order chi connectivity index (χ1) is 7.41. The normalized spacial score (nSPS) is 16.1. The molecule has 0 aromatic rings. The molecule has 0 saturated carbocycles. The van der Waals surface area contributed by atoms with Gasteiger partial charge in [-0.1, -0.05) is 20.8 Å². The van der Waals surface area contributed by atoms with Crippen LogP contribution in [-0.4, -0.2) is 40.0 Å². The Labute approximate surface area is 101 Å². The van der Waals surface area contributed by atoms with Crippen molar-refractivity contribution >= 4 is 0 Å². The number of ether oxygens (including phenoxy) is 2. The van der Waals surface area contributed by atoms with E-state index in [0.717, 1.165) is 26.1 Å². The van der Waals surface area contributed by atoms with Crippen molar-refractivity contribution in [3.63, 3.8) is 0 Å². The molecule has 0 aliphatic rings. The Balaban J connectivity index is 4.02. The van der Waals surface area contributed by atoms with Gasteiger partial charge in [-0.2, -0.15) is 0 Å². The Kier molecular flexibility index (Phi) is 7.98. The summed E-state index contributed by atoms with van der Waals surface area (Å²) in [5.74, 6) is 0.624. The van der Waals surface area contributed by atoms with Gasteiger partial charge in [0, 0.05) is 20.8 Å². The molecule has 0 amide bonds. The Morgan fingerprint density at radius 3 is 2.25 bits per heavy atom. The lowest BCUT2D eigenvalue weighted by Crippen LogP contribution is -2.35. The van der Waals surface area contributed by atoms with Crippen molar-refractivity contribution in [2.75, 3.05) is 33.9 Å². The van der Waals surface area contributed by atoms with Gasteiger partial charge in [0.1, 0.15) is 0 Å². The van der Waals surface area contributed by atoms with Crippen LogP contribution >= 0.6 is 0 Å². The molecule has 0 aliphatic heterocycles. The van der Waals surface area contributed by atoms with Crippen molar-refractivity contribution in [3.05, 3.63) is 0 Å². The monoisotopic (exact) mass is 231 g/mol. The van der Waals surface area contributed by atoms with Crippen molar-refractivity contribution < 1.29 is 9.47 Å². The molecule has 0 bridgehead atoms. The summed E-state index contributed by atoms with van der Waals surface area (Å²) in [6.45, 7) is 11.7. The fourth-order valence-electron chi connectivity index (χ4n) is 1.69. The molecule has 0 aromatic carbocycles. The van der Waals surface area contributed by atoms with E-state index in [-0.39, 0.29) is 0 Å². The van der Waals surface area contributed by atoms with Crippen LogP contribution in [0.1, 0.15) is 34.1 Å². The molecule has 0 aromatic heterocycles. The second-order valence-corrected chi connectivity index (χ2v) is 5.54. The van der Waals surface area contributed by atoms with E-state index < -0.39 is 0 Å². The van der Waals surface area contributed by atoms with Gasteiger partial charge in [-0.3, -0.25) is 0 Å². The Hall–Kier alpha value is -0.120. The zero-order chi connectivity index (χ0) is 12.6. The SMILES string of the molecule is COCCNCC(CC(C)OC)C(C)(C)C. The second kappa shape index (κ2) is 8.04. The number of rotatable bonds is 8. The fraction of sp³-hybridized carbons (Fsp3) is 1.00. The maximum absolute atomic E-state index is 5.35. The molecular weight excluding hydrogens is 202 g/mol. The van der Waals surface area contributed by atoms with E-state index in [4.69, 9.17) is 9.47 Å². The molecule has 3 heteroatoms. The molecule has 0 radical (unpaired) electrons. The van der Waals surface area contributed by atoms with Crippen molar-refractivity contribution in [2.45, 2.75) is 40.2 Å². The van der Waals surface area contributed by atoms with Crippen LogP contribution < -0.4 is 5.32 Å². The average molecular weight is 231 g/mol. The van der Waals surface area contributed by atoms with E-state index >= 15 is 0 Å². The van der Waals surface area contributed by atoms with Gasteiger partial charge in [0.2, 0.25) is 0 Å². The van der Waals surface area contributed by atoms with Crippen LogP contribution in [0.2, 0.25) is 0 Å². The Morgan fingerprint density at radius 1 is 1.19 bits per heavy atom. The summed E-state index contributed by atoms with van der Waals surface area (Å²) in [6, 6.07) is 0. The highest BCUT2D eigenvalue weighted by molar-refractivity contribution is 4.78. The first kappa shape index (κ1) is 15.9. The Morgan fingerprint density at radius 2 is 1.81 bits per heavy atom. The van der Waals surface area contributed by atoms with Crippen LogP contribution in [0.5, 0.6) is 0 Å². The highest BCUT2D eigenvalue weighted by atomic mass is 16.5. The van der Waals surface area contributed by atoms with Gasteiger partial charge >= 0.3 is 0 Å². The molecule has 1 N–H and O–H groups in total. The molecule has 16 heavy (non-hydrogen) atoms. The summed E-state index contributed by atoms with van der Waals surface area (Å²) in [5.41, 5.74) is 0.312. The van der Waals surface area contributed by atoms with Crippen molar-refractivity contribution in [2.24, 2.45) is 11.3 Å². The summed E-state index contributed by atoms with van der Waals surface area (Å²) in [7, 11) is 3.51. The van der Waals surface area contributed by atoms with E-state index in [9.17, 15) is 0 Å². The van der Waals surface area contributed by atoms with Crippen LogP contribution in [0.3, 0.4) is 0 Å². The number of hydrogen-bond donors (Lipinski definition) is 1. The molecule has 98 valence electrons. The summed E-state index contributed by atoms with van der Waals surface area (Å²) in [4.78, 5) is 0. The summed E-state index contributed by atoms with van der Waals surface area (Å²) < 4.78 is 10.4. The zero-order valence-electron chi connectivity index (χ0n) is 11.8. The largest absolute Gasteiger partial charge is 0.383 e. The predicted molar refractivity (Wildman–Crippen MR) is 68.8 cm³/mol. The van der Waals surface area contributed by atoms with Crippen molar-refractivity contribution in [1.82, 2.24) is 5.32 Å². The molecule has 2 unspecified atom stereocenters. The van der Waals surface area contributed by atoms with Crippen molar-refractivity contribution in [1.29, 1.82) is 0 Å². The third-order valence-electron chi connectivity index (χ3n) is 3.12. The molecule has 0 aliphatic carbocycles. The zero-order valence-corrected chi connectivity index (χ0v) is 11.8. The molecule has 0 rings (SSSR count). The van der Waals surface area contributed by atoms with Crippen LogP contribution in [0, 0.1) is 11.3 Å². The lowest BCUT2D eigenvalue weighted by Gasteiger charge is -2.32. The lowest BCUT2D eigenvalue weighted by atomic mass is 9.77. The van der Waals surface area contributed by atoms with Crippen LogP contribution in [0.25, 0.3) is 0 Å². The van der Waals surface area contributed by atoms with Gasteiger partial charge in [-0.05, 0) is 31.2 Å². The minimum Gasteiger partial charge on any atom is -0.383 e. The maximum Gasteiger partial charge on any atom is 0.0587 e. The number of nitrogens with one attached hydrogen (secondary N) is 1. The Bertz CT molecular complexity index is 166. The minimum atomic E-state index is 0.312. The van der Waals surface area contributed by atoms with Gasteiger partial charge < -0.3 is 14.8 Å². The fourth-order valence-corrected chi connectivity index (χ4v) is 1.69. The van der Waals surface area contributed by atoms with E-state index in [0.29, 0.717) is 17.4 Å². The van der Waals surface area contributed by atoms with Gasteiger partial charge in [-0.15, -0.1) is 0 Å². The van der Waals surface area contributed by atoms with E-state index in [1.165, 1.54) is 0 Å². The van der Waals surface area contributed by atoms with Gasteiger partial charge in [0.05, 0.1) is 12.7 Å². The van der Waals surface area contributed by atoms with Crippen molar-refractivity contribution in [3.8, 4) is 0 Å². The van der Waals surface area contributed by atoms with E-state index in [2.05, 4.69) is 33.0 Å². The number of methoxy groups -OCH3 is 2. The van der Waals surface area contributed by atoms with Gasteiger partial charge in [-0.25, -0.2) is 0 Å². The molecule has 0 saturated heterocycles. The lowest BCUT2D eigenvalue weighted by molar-refractivity contribution is 0.0689. The molecule has 0 heterocycles. The van der Waals surface area contributed by atoms with E-state index in [1.807, 2.05) is 0 Å². The van der Waals surface area contributed by atoms with E-state index in [1.54, 1.807) is 14.2 Å². The topological polar surface area (TPSA) is 30.5 Å². The molecule has 0 spiro atoms. The van der Waals surface area contributed by atoms with Crippen LogP contribution in [0.15, 0.2) is 0 Å². The maximum atomic E-state index is 5.35. The molecule has 2 atom stereocenters. The number of hydrogen-bond acceptors (Lipinski definition) is 3. The molecule has 3 nitrogen and oxygen atoms in total. The molecule has 0 fully saturated rings. The minimum absolute atomic E-state index is 0.312. The van der Waals surface area contributed by atoms with Crippen LogP contribution in [-0.2, 0) is 9.47 Å². The van der Waals surface area contributed by atoms with Crippen LogP contribution in [0.4, 0.5) is 0 Å². The molecular formula is C13H29NO2. The van der Waals surface area contributed by atoms with Gasteiger partial charge in [0.25, 0.3) is 0 Å². The summed E-state index contributed by atoms with van der Waals surface area (Å²) >= 11 is 0. The first-order valence-electron chi connectivity index (χ1n) is 6.14. The third-order valence-corrected chi connectivity index (χ3v) is 3.12. The predicted octanol–water partition coefficient (Wildman–Crippen LogP) is 2.31. The summed E-state index contributed by atoms with van der Waals surface area (Å²) in [5, 5.41) is 3.44. The van der Waals surface area contributed by atoms with Gasteiger partial charge in [0.15, 0.2) is 0 Å². The second-order valence-electron chi connectivity index (χ2n) is 5.54. The summed E-state index contributed by atoms with van der Waals surface area (Å²) in [6.07, 6.45) is 1.42. The first-order valence-corrected chi connectivity index (χ1v) is 6.14. The average Bonchev–Trinajstić information content (AvgIpc) is 2.20. The highest BCUT2D eigenvalue weighted by Crippen LogP contribution is 2.29. The quantitative estimate of drug-likeness (QED) is 0.650. The third kappa shape index (κ3) is 7.20. The smallest absolute Gasteiger partial charge is 0.0587 e. The highest BCUT2D eigenvalue weighted by Gasteiger charge is 2.25. The standard InChI is InChI=1S/C13H29NO2/c1-11(16-6)9-12(13(2,3)4)10-14-7-8-15-5/h11-12,14H,7-10H2,1-6H3.